The molecule has 4 rings (SSSR count). The largest absolute Gasteiger partial charge is 0.346 e. The average molecular weight is 357 g/mol. The van der Waals surface area contributed by atoms with Gasteiger partial charge in [0.1, 0.15) is 17.5 Å². The number of nitrogens with zero attached hydrogens (tertiary/aromatic N) is 6. The van der Waals surface area contributed by atoms with Gasteiger partial charge in [-0.2, -0.15) is 14.7 Å². The summed E-state index contributed by atoms with van der Waals surface area (Å²) >= 11 is 0. The van der Waals surface area contributed by atoms with Crippen LogP contribution in [0, 0.1) is 11.3 Å². The molecule has 1 N–H and O–H groups in total. The Morgan fingerprint density at radius 2 is 2.20 bits per heavy atom. The summed E-state index contributed by atoms with van der Waals surface area (Å²) in [5, 5.41) is 14.4. The van der Waals surface area contributed by atoms with E-state index in [0.29, 0.717) is 0 Å². The van der Waals surface area contributed by atoms with Crippen molar-refractivity contribution in [2.75, 3.05) is 19.3 Å². The van der Waals surface area contributed by atoms with E-state index in [-0.39, 0.29) is 19.5 Å². The molecule has 1 fully saturated rings. The summed E-state index contributed by atoms with van der Waals surface area (Å²) in [7, 11) is -3.27. The zero-order valence-electron chi connectivity index (χ0n) is 13.4. The van der Waals surface area contributed by atoms with Crippen molar-refractivity contribution in [3.05, 3.63) is 31.0 Å². The van der Waals surface area contributed by atoms with E-state index in [1.807, 2.05) is 12.3 Å². The van der Waals surface area contributed by atoms with E-state index in [0.717, 1.165) is 22.3 Å². The van der Waals surface area contributed by atoms with E-state index >= 15 is 0 Å². The van der Waals surface area contributed by atoms with E-state index < -0.39 is 15.6 Å². The van der Waals surface area contributed by atoms with Gasteiger partial charge in [0.05, 0.1) is 30.6 Å². The molecule has 0 saturated carbocycles. The molecule has 0 spiro atoms. The van der Waals surface area contributed by atoms with E-state index in [2.05, 4.69) is 26.1 Å². The first-order valence-corrected chi connectivity index (χ1v) is 9.43. The number of fused-ring (bicyclic) bond motifs is 1. The van der Waals surface area contributed by atoms with Crippen LogP contribution < -0.4 is 0 Å². The monoisotopic (exact) mass is 357 g/mol. The van der Waals surface area contributed by atoms with E-state index in [4.69, 9.17) is 0 Å². The van der Waals surface area contributed by atoms with Gasteiger partial charge in [0, 0.05) is 36.4 Å². The van der Waals surface area contributed by atoms with Crippen LogP contribution in [0.2, 0.25) is 0 Å². The van der Waals surface area contributed by atoms with E-state index in [1.165, 1.54) is 16.9 Å². The van der Waals surface area contributed by atoms with Crippen molar-refractivity contribution >= 4 is 21.1 Å². The molecule has 3 aromatic rings. The summed E-state index contributed by atoms with van der Waals surface area (Å²) in [4.78, 5) is 11.5. The minimum atomic E-state index is -3.27. The lowest BCUT2D eigenvalue weighted by Gasteiger charge is -2.47. The van der Waals surface area contributed by atoms with Crippen molar-refractivity contribution in [3.8, 4) is 17.3 Å². The summed E-state index contributed by atoms with van der Waals surface area (Å²) in [5.74, 6) is 0. The third kappa shape index (κ3) is 2.48. The maximum atomic E-state index is 11.7. The second-order valence-corrected chi connectivity index (χ2v) is 8.21. The molecule has 10 heteroatoms. The van der Waals surface area contributed by atoms with Gasteiger partial charge in [0.25, 0.3) is 0 Å². The van der Waals surface area contributed by atoms with E-state index in [9.17, 15) is 13.7 Å². The molecule has 1 saturated heterocycles. The van der Waals surface area contributed by atoms with Crippen LogP contribution in [0.1, 0.15) is 6.42 Å². The molecule has 0 atom stereocenters. The normalized spacial score (nSPS) is 17.3. The zero-order valence-corrected chi connectivity index (χ0v) is 14.2. The van der Waals surface area contributed by atoms with Gasteiger partial charge in [-0.15, -0.1) is 0 Å². The number of aromatic nitrogens is 5. The van der Waals surface area contributed by atoms with Crippen molar-refractivity contribution in [2.24, 2.45) is 0 Å². The number of H-pyrrole nitrogens is 1. The second-order valence-electron chi connectivity index (χ2n) is 6.23. The third-order valence-electron chi connectivity index (χ3n) is 4.51. The lowest BCUT2D eigenvalue weighted by atomic mass is 9.89. The fourth-order valence-electron chi connectivity index (χ4n) is 3.14. The molecule has 1 aliphatic rings. The van der Waals surface area contributed by atoms with Crippen molar-refractivity contribution < 1.29 is 8.42 Å². The zero-order chi connectivity index (χ0) is 17.7. The Morgan fingerprint density at radius 3 is 2.92 bits per heavy atom. The standard InChI is InChI=1S/C15H15N7O2S/c1-25(23,24)21-8-15(9-21,3-4-16)22-7-11(6-20-22)13-12-2-5-17-14(12)19-10-18-13/h2,5-7,10H,3,8-9H2,1H3,(H,17,18,19). The number of nitrogens with one attached hydrogen (secondary N) is 1. The van der Waals surface area contributed by atoms with Gasteiger partial charge < -0.3 is 4.98 Å². The summed E-state index contributed by atoms with van der Waals surface area (Å²) in [6.07, 6.45) is 8.11. The van der Waals surface area contributed by atoms with E-state index in [1.54, 1.807) is 17.1 Å². The van der Waals surface area contributed by atoms with Crippen LogP contribution >= 0.6 is 0 Å². The number of sulfonamides is 1. The topological polar surface area (TPSA) is 121 Å². The third-order valence-corrected chi connectivity index (χ3v) is 5.71. The van der Waals surface area contributed by atoms with Crippen LogP contribution in [0.25, 0.3) is 22.3 Å². The summed E-state index contributed by atoms with van der Waals surface area (Å²) in [6.45, 7) is 0.480. The van der Waals surface area contributed by atoms with Gasteiger partial charge in [-0.05, 0) is 6.07 Å². The van der Waals surface area contributed by atoms with Crippen LogP contribution in [0.5, 0.6) is 0 Å². The minimum absolute atomic E-state index is 0.184. The Balaban J connectivity index is 1.71. The molecular weight excluding hydrogens is 342 g/mol. The fourth-order valence-corrected chi connectivity index (χ4v) is 4.09. The molecule has 25 heavy (non-hydrogen) atoms. The molecule has 0 aliphatic carbocycles. The number of nitriles is 1. The van der Waals surface area contributed by atoms with Crippen LogP contribution in [-0.4, -0.2) is 56.8 Å². The second kappa shape index (κ2) is 5.37. The predicted molar refractivity (Wildman–Crippen MR) is 89.7 cm³/mol. The Labute approximate surface area is 144 Å². The highest BCUT2D eigenvalue weighted by Gasteiger charge is 2.49. The van der Waals surface area contributed by atoms with Gasteiger partial charge in [-0.25, -0.2) is 18.4 Å². The highest BCUT2D eigenvalue weighted by molar-refractivity contribution is 7.88. The highest BCUT2D eigenvalue weighted by atomic mass is 32.2. The number of aromatic amines is 1. The highest BCUT2D eigenvalue weighted by Crippen LogP contribution is 2.35. The quantitative estimate of drug-likeness (QED) is 0.734. The lowest BCUT2D eigenvalue weighted by Crippen LogP contribution is -2.63. The first-order chi connectivity index (χ1) is 11.9. The van der Waals surface area contributed by atoms with Crippen molar-refractivity contribution in [1.82, 2.24) is 29.0 Å². The Hall–Kier alpha value is -2.77. The van der Waals surface area contributed by atoms with Gasteiger partial charge >= 0.3 is 0 Å². The first-order valence-electron chi connectivity index (χ1n) is 7.59. The molecule has 0 amide bonds. The maximum absolute atomic E-state index is 11.7. The minimum Gasteiger partial charge on any atom is -0.346 e. The summed E-state index contributed by atoms with van der Waals surface area (Å²) in [6, 6.07) is 4.03. The molecule has 0 unspecified atom stereocenters. The predicted octanol–water partition coefficient (Wildman–Crippen LogP) is 0.706. The van der Waals surface area contributed by atoms with Crippen molar-refractivity contribution in [2.45, 2.75) is 12.0 Å². The number of hydrogen-bond acceptors (Lipinski definition) is 6. The smallest absolute Gasteiger partial charge is 0.211 e. The first kappa shape index (κ1) is 15.7. The van der Waals surface area contributed by atoms with Crippen LogP contribution in [0.4, 0.5) is 0 Å². The van der Waals surface area contributed by atoms with Crippen molar-refractivity contribution in [1.29, 1.82) is 5.26 Å². The average Bonchev–Trinajstić information content (AvgIpc) is 3.17. The Bertz CT molecular complexity index is 1090. The molecule has 3 aromatic heterocycles. The number of rotatable bonds is 4. The Morgan fingerprint density at radius 1 is 1.40 bits per heavy atom. The summed E-state index contributed by atoms with van der Waals surface area (Å²) < 4.78 is 26.4. The van der Waals surface area contributed by atoms with Crippen LogP contribution in [0.3, 0.4) is 0 Å². The van der Waals surface area contributed by atoms with Gasteiger partial charge in [0.2, 0.25) is 10.0 Å². The molecule has 4 heterocycles. The van der Waals surface area contributed by atoms with Crippen LogP contribution in [-0.2, 0) is 15.6 Å². The van der Waals surface area contributed by atoms with Crippen LogP contribution in [0.15, 0.2) is 31.0 Å². The summed E-state index contributed by atoms with van der Waals surface area (Å²) in [5.41, 5.74) is 1.63. The lowest BCUT2D eigenvalue weighted by molar-refractivity contribution is 0.0724. The SMILES string of the molecule is CS(=O)(=O)N1CC(CC#N)(n2cc(-c3ncnc4[nH]ccc34)cn2)C1. The van der Waals surface area contributed by atoms with Gasteiger partial charge in [-0.3, -0.25) is 4.68 Å². The molecule has 0 aromatic carbocycles. The fraction of sp³-hybridized carbons (Fsp3) is 0.333. The molecule has 0 radical (unpaired) electrons. The van der Waals surface area contributed by atoms with Gasteiger partial charge in [0.15, 0.2) is 0 Å². The maximum Gasteiger partial charge on any atom is 0.211 e. The van der Waals surface area contributed by atoms with Gasteiger partial charge in [-0.1, -0.05) is 0 Å². The Kier molecular flexibility index (Phi) is 3.38. The molecule has 9 nitrogen and oxygen atoms in total. The molecular formula is C15H15N7O2S. The molecule has 1 aliphatic heterocycles. The van der Waals surface area contributed by atoms with Crippen molar-refractivity contribution in [3.63, 3.8) is 0 Å². The molecule has 0 bridgehead atoms. The molecule has 128 valence electrons. The number of hydrogen-bond donors (Lipinski definition) is 1.